The van der Waals surface area contributed by atoms with E-state index < -0.39 is 0 Å². The van der Waals surface area contributed by atoms with Crippen LogP contribution in [0.15, 0.2) is 30.3 Å². The van der Waals surface area contributed by atoms with Crippen LogP contribution in [0, 0.1) is 6.92 Å². The maximum absolute atomic E-state index is 12.1. The van der Waals surface area contributed by atoms with E-state index in [-0.39, 0.29) is 5.91 Å². The zero-order valence-corrected chi connectivity index (χ0v) is 14.1. The van der Waals surface area contributed by atoms with Gasteiger partial charge in [0.25, 0.3) is 5.91 Å². The smallest absolute Gasteiger partial charge is 0.270 e. The second kappa shape index (κ2) is 8.83. The summed E-state index contributed by atoms with van der Waals surface area (Å²) in [6.07, 6.45) is 0. The normalized spacial score (nSPS) is 10.3. The minimum Gasteiger partial charge on any atom is -0.494 e. The van der Waals surface area contributed by atoms with Gasteiger partial charge in [0.05, 0.1) is 13.2 Å². The van der Waals surface area contributed by atoms with E-state index in [2.05, 4.69) is 20.6 Å². The molecular weight excluding hydrogens is 308 g/mol. The number of methoxy groups -OCH3 is 1. The number of nitrogens with zero attached hydrogens (tertiary/aromatic N) is 2. The van der Waals surface area contributed by atoms with Gasteiger partial charge >= 0.3 is 0 Å². The van der Waals surface area contributed by atoms with Crippen LogP contribution in [0.1, 0.15) is 23.1 Å². The molecule has 1 amide bonds. The first-order valence-corrected chi connectivity index (χ1v) is 7.75. The number of rotatable bonds is 8. The molecule has 0 saturated heterocycles. The molecule has 7 nitrogen and oxygen atoms in total. The predicted molar refractivity (Wildman–Crippen MR) is 91.9 cm³/mol. The average Bonchev–Trinajstić information content (AvgIpc) is 2.56. The molecule has 0 unspecified atom stereocenters. The third-order valence-electron chi connectivity index (χ3n) is 3.10. The van der Waals surface area contributed by atoms with Gasteiger partial charge in [0.15, 0.2) is 0 Å². The fourth-order valence-electron chi connectivity index (χ4n) is 2.03. The molecule has 0 aliphatic rings. The molecule has 7 heteroatoms. The summed E-state index contributed by atoms with van der Waals surface area (Å²) in [4.78, 5) is 20.7. The van der Waals surface area contributed by atoms with Crippen LogP contribution in [-0.2, 0) is 4.74 Å². The molecule has 24 heavy (non-hydrogen) atoms. The van der Waals surface area contributed by atoms with Gasteiger partial charge in [-0.1, -0.05) is 0 Å². The van der Waals surface area contributed by atoms with Gasteiger partial charge in [0, 0.05) is 25.0 Å². The van der Waals surface area contributed by atoms with Crippen molar-refractivity contribution in [3.8, 4) is 5.75 Å². The number of amides is 1. The third-order valence-corrected chi connectivity index (χ3v) is 3.10. The number of aryl methyl sites for hydroxylation is 1. The number of hydrogen-bond donors (Lipinski definition) is 2. The lowest BCUT2D eigenvalue weighted by Gasteiger charge is -2.09. The summed E-state index contributed by atoms with van der Waals surface area (Å²) in [5, 5.41) is 5.84. The highest BCUT2D eigenvalue weighted by molar-refractivity contribution is 5.92. The van der Waals surface area contributed by atoms with Crippen LogP contribution >= 0.6 is 0 Å². The first kappa shape index (κ1) is 17.7. The standard InChI is InChI=1S/C17H22N4O3/c1-4-24-14-7-5-13(6-8-14)20-17-19-12(2)11-15(21-17)16(22)18-9-10-23-3/h5-8,11H,4,9-10H2,1-3H3,(H,18,22)(H,19,20,21). The van der Waals surface area contributed by atoms with Crippen LogP contribution in [0.2, 0.25) is 0 Å². The predicted octanol–water partition coefficient (Wildman–Crippen LogP) is 2.30. The summed E-state index contributed by atoms with van der Waals surface area (Å²) in [5.74, 6) is 0.912. The molecule has 0 aliphatic carbocycles. The highest BCUT2D eigenvalue weighted by Crippen LogP contribution is 2.18. The lowest BCUT2D eigenvalue weighted by molar-refractivity contribution is 0.0932. The monoisotopic (exact) mass is 330 g/mol. The quantitative estimate of drug-likeness (QED) is 0.723. The fraction of sp³-hybridized carbons (Fsp3) is 0.353. The minimum absolute atomic E-state index is 0.257. The SMILES string of the molecule is CCOc1ccc(Nc2nc(C)cc(C(=O)NCCOC)n2)cc1. The van der Waals surface area contributed by atoms with Crippen molar-refractivity contribution in [2.75, 3.05) is 32.2 Å². The molecule has 2 aromatic rings. The van der Waals surface area contributed by atoms with E-state index in [9.17, 15) is 4.79 Å². The van der Waals surface area contributed by atoms with Crippen molar-refractivity contribution in [2.24, 2.45) is 0 Å². The van der Waals surface area contributed by atoms with Crippen molar-refractivity contribution in [1.29, 1.82) is 0 Å². The first-order valence-electron chi connectivity index (χ1n) is 7.75. The van der Waals surface area contributed by atoms with Gasteiger partial charge in [0.1, 0.15) is 11.4 Å². The largest absolute Gasteiger partial charge is 0.494 e. The van der Waals surface area contributed by atoms with Crippen molar-refractivity contribution in [2.45, 2.75) is 13.8 Å². The zero-order valence-electron chi connectivity index (χ0n) is 14.1. The van der Waals surface area contributed by atoms with Gasteiger partial charge in [-0.25, -0.2) is 9.97 Å². The van der Waals surface area contributed by atoms with Gasteiger partial charge < -0.3 is 20.1 Å². The molecule has 0 atom stereocenters. The molecule has 0 saturated carbocycles. The van der Waals surface area contributed by atoms with Crippen molar-refractivity contribution in [3.63, 3.8) is 0 Å². The lowest BCUT2D eigenvalue weighted by Crippen LogP contribution is -2.28. The number of aromatic nitrogens is 2. The Balaban J connectivity index is 2.08. The summed E-state index contributed by atoms with van der Waals surface area (Å²) in [7, 11) is 1.58. The Morgan fingerprint density at radius 3 is 2.62 bits per heavy atom. The maximum atomic E-state index is 12.1. The van der Waals surface area contributed by atoms with Crippen LogP contribution in [0.5, 0.6) is 5.75 Å². The fourth-order valence-corrected chi connectivity index (χ4v) is 2.03. The van der Waals surface area contributed by atoms with E-state index in [1.54, 1.807) is 13.2 Å². The minimum atomic E-state index is -0.257. The molecule has 2 N–H and O–H groups in total. The van der Waals surface area contributed by atoms with Crippen LogP contribution in [0.25, 0.3) is 0 Å². The Morgan fingerprint density at radius 2 is 1.96 bits per heavy atom. The van der Waals surface area contributed by atoms with E-state index in [4.69, 9.17) is 9.47 Å². The average molecular weight is 330 g/mol. The van der Waals surface area contributed by atoms with E-state index in [0.717, 1.165) is 11.4 Å². The highest BCUT2D eigenvalue weighted by Gasteiger charge is 2.10. The van der Waals surface area contributed by atoms with E-state index in [1.165, 1.54) is 0 Å². The summed E-state index contributed by atoms with van der Waals surface area (Å²) < 4.78 is 10.3. The Labute approximate surface area is 141 Å². The number of carbonyl (C=O) groups is 1. The molecule has 0 aliphatic heterocycles. The van der Waals surface area contributed by atoms with Gasteiger partial charge in [-0.15, -0.1) is 0 Å². The van der Waals surface area contributed by atoms with Gasteiger partial charge in [-0.3, -0.25) is 4.79 Å². The Bertz CT molecular complexity index is 674. The van der Waals surface area contributed by atoms with Gasteiger partial charge in [-0.05, 0) is 44.2 Å². The van der Waals surface area contributed by atoms with Crippen molar-refractivity contribution >= 4 is 17.5 Å². The zero-order chi connectivity index (χ0) is 17.4. The summed E-state index contributed by atoms with van der Waals surface area (Å²) in [6.45, 7) is 5.26. The topological polar surface area (TPSA) is 85.4 Å². The summed E-state index contributed by atoms with van der Waals surface area (Å²) >= 11 is 0. The van der Waals surface area contributed by atoms with Crippen LogP contribution < -0.4 is 15.4 Å². The molecule has 1 aromatic carbocycles. The van der Waals surface area contributed by atoms with Crippen molar-refractivity contribution in [3.05, 3.63) is 41.7 Å². The third kappa shape index (κ3) is 5.20. The summed E-state index contributed by atoms with van der Waals surface area (Å²) in [6, 6.07) is 9.11. The van der Waals surface area contributed by atoms with E-state index in [0.29, 0.717) is 37.1 Å². The Hall–Kier alpha value is -2.67. The second-order valence-corrected chi connectivity index (χ2v) is 5.05. The number of anilines is 2. The van der Waals surface area contributed by atoms with Crippen molar-refractivity contribution < 1.29 is 14.3 Å². The molecule has 0 bridgehead atoms. The Kier molecular flexibility index (Phi) is 6.51. The molecule has 0 radical (unpaired) electrons. The number of benzene rings is 1. The van der Waals surface area contributed by atoms with E-state index >= 15 is 0 Å². The molecule has 2 rings (SSSR count). The second-order valence-electron chi connectivity index (χ2n) is 5.05. The molecule has 1 aromatic heterocycles. The van der Waals surface area contributed by atoms with Crippen molar-refractivity contribution in [1.82, 2.24) is 15.3 Å². The van der Waals surface area contributed by atoms with Gasteiger partial charge in [0.2, 0.25) is 5.95 Å². The van der Waals surface area contributed by atoms with Crippen LogP contribution in [-0.4, -0.2) is 42.7 Å². The van der Waals surface area contributed by atoms with Crippen LogP contribution in [0.3, 0.4) is 0 Å². The highest BCUT2D eigenvalue weighted by atomic mass is 16.5. The molecule has 0 fully saturated rings. The lowest BCUT2D eigenvalue weighted by atomic mass is 10.3. The maximum Gasteiger partial charge on any atom is 0.270 e. The first-order chi connectivity index (χ1) is 11.6. The summed E-state index contributed by atoms with van der Waals surface area (Å²) in [5.41, 5.74) is 1.83. The number of hydrogen-bond acceptors (Lipinski definition) is 6. The van der Waals surface area contributed by atoms with E-state index in [1.807, 2.05) is 38.1 Å². The number of nitrogens with one attached hydrogen (secondary N) is 2. The molecular formula is C17H22N4O3. The molecule has 0 spiro atoms. The van der Waals surface area contributed by atoms with Crippen LogP contribution in [0.4, 0.5) is 11.6 Å². The number of ether oxygens (including phenoxy) is 2. The van der Waals surface area contributed by atoms with Gasteiger partial charge in [-0.2, -0.15) is 0 Å². The molecule has 128 valence electrons. The molecule has 1 heterocycles. The Morgan fingerprint density at radius 1 is 1.21 bits per heavy atom. The number of carbonyl (C=O) groups excluding carboxylic acids is 1.